The highest BCUT2D eigenvalue weighted by Gasteiger charge is 2.02. The van der Waals surface area contributed by atoms with Crippen molar-refractivity contribution >= 4 is 33.9 Å². The Morgan fingerprint density at radius 1 is 0.875 bits per heavy atom. The zero-order valence-electron chi connectivity index (χ0n) is 8.59. The maximum atomic E-state index is 2.19. The fraction of sp³-hybridized carbons (Fsp3) is 0. The van der Waals surface area contributed by atoms with Crippen LogP contribution in [0, 0.1) is 0 Å². The molecule has 0 aliphatic heterocycles. The Balaban J connectivity index is 2.10. The van der Waals surface area contributed by atoms with Crippen LogP contribution in [0.25, 0.3) is 10.8 Å². The van der Waals surface area contributed by atoms with E-state index in [4.69, 9.17) is 0 Å². The fourth-order valence-electron chi connectivity index (χ4n) is 1.72. The predicted octanol–water partition coefficient (Wildman–Crippen LogP) is 5.05. The SMILES string of the molecule is c1ccc2c(Sc3ccsc3)cccc2c1. The van der Waals surface area contributed by atoms with Gasteiger partial charge in [0, 0.05) is 15.2 Å². The van der Waals surface area contributed by atoms with Gasteiger partial charge in [-0.3, -0.25) is 0 Å². The van der Waals surface area contributed by atoms with Crippen LogP contribution in [0.3, 0.4) is 0 Å². The molecule has 3 rings (SSSR count). The van der Waals surface area contributed by atoms with Crippen LogP contribution in [0.2, 0.25) is 0 Å². The average Bonchev–Trinajstić information content (AvgIpc) is 2.82. The molecule has 0 saturated carbocycles. The van der Waals surface area contributed by atoms with Crippen LogP contribution in [0.1, 0.15) is 0 Å². The van der Waals surface area contributed by atoms with Gasteiger partial charge in [-0.2, -0.15) is 11.3 Å². The van der Waals surface area contributed by atoms with E-state index in [1.807, 2.05) is 11.8 Å². The first-order valence-corrected chi connectivity index (χ1v) is 6.87. The van der Waals surface area contributed by atoms with Crippen molar-refractivity contribution in [2.75, 3.05) is 0 Å². The maximum Gasteiger partial charge on any atom is 0.0229 e. The molecule has 0 atom stereocenters. The van der Waals surface area contributed by atoms with Gasteiger partial charge in [0.1, 0.15) is 0 Å². The Bertz CT molecular complexity index is 592. The zero-order valence-corrected chi connectivity index (χ0v) is 10.2. The minimum atomic E-state index is 1.31. The Hall–Kier alpha value is -1.25. The lowest BCUT2D eigenvalue weighted by Crippen LogP contribution is -1.76. The maximum absolute atomic E-state index is 2.19. The number of benzene rings is 2. The molecule has 0 aliphatic rings. The zero-order chi connectivity index (χ0) is 10.8. The summed E-state index contributed by atoms with van der Waals surface area (Å²) in [6, 6.07) is 17.2. The molecule has 0 nitrogen and oxygen atoms in total. The summed E-state index contributed by atoms with van der Waals surface area (Å²) in [5.41, 5.74) is 0. The van der Waals surface area contributed by atoms with Gasteiger partial charge >= 0.3 is 0 Å². The van der Waals surface area contributed by atoms with Crippen LogP contribution in [0.4, 0.5) is 0 Å². The molecule has 0 spiro atoms. The van der Waals surface area contributed by atoms with Gasteiger partial charge in [-0.1, -0.05) is 48.2 Å². The van der Waals surface area contributed by atoms with E-state index in [0.717, 1.165) is 0 Å². The summed E-state index contributed by atoms with van der Waals surface area (Å²) in [7, 11) is 0. The highest BCUT2D eigenvalue weighted by molar-refractivity contribution is 7.99. The first-order valence-electron chi connectivity index (χ1n) is 5.11. The quantitative estimate of drug-likeness (QED) is 0.605. The lowest BCUT2D eigenvalue weighted by molar-refractivity contribution is 1.50. The minimum Gasteiger partial charge on any atom is -0.151 e. The summed E-state index contributed by atoms with van der Waals surface area (Å²) in [5.74, 6) is 0. The average molecular weight is 242 g/mol. The van der Waals surface area contributed by atoms with Gasteiger partial charge in [-0.05, 0) is 28.3 Å². The molecule has 0 saturated heterocycles. The predicted molar refractivity (Wildman–Crippen MR) is 72.4 cm³/mol. The third-order valence-corrected chi connectivity index (χ3v) is 4.37. The highest BCUT2D eigenvalue weighted by Crippen LogP contribution is 2.34. The first-order chi connectivity index (χ1) is 7.93. The molecule has 0 aliphatic carbocycles. The number of thiophene rings is 1. The normalized spacial score (nSPS) is 10.8. The topological polar surface area (TPSA) is 0 Å². The van der Waals surface area contributed by atoms with Gasteiger partial charge < -0.3 is 0 Å². The molecule has 0 amide bonds. The molecular weight excluding hydrogens is 232 g/mol. The summed E-state index contributed by atoms with van der Waals surface area (Å²) in [6.45, 7) is 0. The number of hydrogen-bond acceptors (Lipinski definition) is 2. The Morgan fingerprint density at radius 2 is 1.75 bits per heavy atom. The van der Waals surface area contributed by atoms with Gasteiger partial charge in [0.15, 0.2) is 0 Å². The van der Waals surface area contributed by atoms with Crippen molar-refractivity contribution in [3.8, 4) is 0 Å². The van der Waals surface area contributed by atoms with E-state index >= 15 is 0 Å². The van der Waals surface area contributed by atoms with Gasteiger partial charge in [-0.25, -0.2) is 0 Å². The van der Waals surface area contributed by atoms with Crippen molar-refractivity contribution in [1.29, 1.82) is 0 Å². The van der Waals surface area contributed by atoms with Crippen molar-refractivity contribution in [1.82, 2.24) is 0 Å². The smallest absolute Gasteiger partial charge is 0.0229 e. The van der Waals surface area contributed by atoms with Crippen molar-refractivity contribution in [2.24, 2.45) is 0 Å². The third kappa shape index (κ3) is 1.86. The largest absolute Gasteiger partial charge is 0.151 e. The summed E-state index contributed by atoms with van der Waals surface area (Å²) in [6.07, 6.45) is 0. The summed E-state index contributed by atoms with van der Waals surface area (Å²) < 4.78 is 0. The molecule has 1 heterocycles. The molecule has 78 valence electrons. The molecule has 3 aromatic rings. The van der Waals surface area contributed by atoms with Crippen molar-refractivity contribution in [3.05, 3.63) is 59.3 Å². The number of fused-ring (bicyclic) bond motifs is 1. The van der Waals surface area contributed by atoms with Crippen LogP contribution < -0.4 is 0 Å². The van der Waals surface area contributed by atoms with Crippen LogP contribution in [-0.4, -0.2) is 0 Å². The van der Waals surface area contributed by atoms with E-state index < -0.39 is 0 Å². The summed E-state index contributed by atoms with van der Waals surface area (Å²) >= 11 is 3.58. The fourth-order valence-corrected chi connectivity index (χ4v) is 3.52. The third-order valence-electron chi connectivity index (χ3n) is 2.47. The molecule has 1 aromatic heterocycles. The van der Waals surface area contributed by atoms with Crippen molar-refractivity contribution in [2.45, 2.75) is 9.79 Å². The molecule has 2 heteroatoms. The van der Waals surface area contributed by atoms with Crippen molar-refractivity contribution in [3.63, 3.8) is 0 Å². The monoisotopic (exact) mass is 242 g/mol. The van der Waals surface area contributed by atoms with E-state index in [1.54, 1.807) is 11.3 Å². The molecule has 0 radical (unpaired) electrons. The molecular formula is C14H10S2. The number of rotatable bonds is 2. The van der Waals surface area contributed by atoms with Crippen LogP contribution in [-0.2, 0) is 0 Å². The molecule has 0 unspecified atom stereocenters. The van der Waals surface area contributed by atoms with E-state index in [9.17, 15) is 0 Å². The molecule has 0 N–H and O–H groups in total. The second-order valence-corrected chi connectivity index (χ2v) is 5.43. The second kappa shape index (κ2) is 4.32. The first kappa shape index (κ1) is 9.94. The lowest BCUT2D eigenvalue weighted by Gasteiger charge is -2.04. The molecule has 0 fully saturated rings. The van der Waals surface area contributed by atoms with Crippen LogP contribution in [0.15, 0.2) is 69.1 Å². The second-order valence-electron chi connectivity index (χ2n) is 3.54. The Kier molecular flexibility index (Phi) is 2.68. The standard InChI is InChI=1S/C14H10S2/c1-2-6-13-11(4-1)5-3-7-14(13)16-12-8-9-15-10-12/h1-10H. The van der Waals surface area contributed by atoms with Crippen LogP contribution >= 0.6 is 23.1 Å². The Morgan fingerprint density at radius 3 is 2.62 bits per heavy atom. The lowest BCUT2D eigenvalue weighted by atomic mass is 10.1. The van der Waals surface area contributed by atoms with Crippen molar-refractivity contribution < 1.29 is 0 Å². The van der Waals surface area contributed by atoms with Gasteiger partial charge in [0.05, 0.1) is 0 Å². The highest BCUT2D eigenvalue weighted by atomic mass is 32.2. The number of hydrogen-bond donors (Lipinski definition) is 0. The van der Waals surface area contributed by atoms with E-state index in [1.165, 1.54) is 20.6 Å². The van der Waals surface area contributed by atoms with Crippen LogP contribution in [0.5, 0.6) is 0 Å². The van der Waals surface area contributed by atoms with E-state index in [0.29, 0.717) is 0 Å². The Labute approximate surface area is 103 Å². The van der Waals surface area contributed by atoms with Gasteiger partial charge in [0.2, 0.25) is 0 Å². The summed E-state index contributed by atoms with van der Waals surface area (Å²) in [5, 5.41) is 6.95. The van der Waals surface area contributed by atoms with Gasteiger partial charge in [0.25, 0.3) is 0 Å². The molecule has 2 aromatic carbocycles. The molecule has 16 heavy (non-hydrogen) atoms. The minimum absolute atomic E-state index is 1.31. The van der Waals surface area contributed by atoms with Gasteiger partial charge in [-0.15, -0.1) is 0 Å². The van der Waals surface area contributed by atoms with E-state index in [2.05, 4.69) is 59.3 Å². The van der Waals surface area contributed by atoms with E-state index in [-0.39, 0.29) is 0 Å². The summed E-state index contributed by atoms with van der Waals surface area (Å²) in [4.78, 5) is 2.65. The molecule has 0 bridgehead atoms.